The van der Waals surface area contributed by atoms with E-state index in [2.05, 4.69) is 24.1 Å². The summed E-state index contributed by atoms with van der Waals surface area (Å²) in [5, 5.41) is 3.10. The molecule has 4 heteroatoms. The van der Waals surface area contributed by atoms with Gasteiger partial charge in [0.25, 0.3) is 0 Å². The number of amides is 1. The van der Waals surface area contributed by atoms with Crippen molar-refractivity contribution in [2.75, 3.05) is 13.1 Å². The van der Waals surface area contributed by atoms with Crippen molar-refractivity contribution < 1.29 is 4.79 Å². The highest BCUT2D eigenvalue weighted by molar-refractivity contribution is 5.73. The molecule has 1 rings (SSSR count). The van der Waals surface area contributed by atoms with Crippen LogP contribution >= 0.6 is 0 Å². The van der Waals surface area contributed by atoms with Crippen LogP contribution in [0.4, 0.5) is 0 Å². The molecular weight excluding hydrogens is 214 g/mol. The maximum absolute atomic E-state index is 11.3. The summed E-state index contributed by atoms with van der Waals surface area (Å²) in [5.74, 6) is 0.0818. The fourth-order valence-electron chi connectivity index (χ4n) is 2.89. The van der Waals surface area contributed by atoms with E-state index in [1.807, 2.05) is 0 Å². The largest absolute Gasteiger partial charge is 0.352 e. The van der Waals surface area contributed by atoms with Gasteiger partial charge in [-0.25, -0.2) is 0 Å². The van der Waals surface area contributed by atoms with Crippen molar-refractivity contribution in [3.05, 3.63) is 0 Å². The quantitative estimate of drug-likeness (QED) is 0.758. The number of nitrogens with one attached hydrogen (secondary N) is 1. The zero-order valence-electron chi connectivity index (χ0n) is 11.4. The summed E-state index contributed by atoms with van der Waals surface area (Å²) in [7, 11) is 0. The lowest BCUT2D eigenvalue weighted by atomic mass is 9.88. The molecule has 3 N–H and O–H groups in total. The Kier molecular flexibility index (Phi) is 5.92. The van der Waals surface area contributed by atoms with Crippen LogP contribution in [0.15, 0.2) is 0 Å². The summed E-state index contributed by atoms with van der Waals surface area (Å²) in [6.07, 6.45) is 4.74. The van der Waals surface area contributed by atoms with Gasteiger partial charge >= 0.3 is 0 Å². The topological polar surface area (TPSA) is 58.4 Å². The highest BCUT2D eigenvalue weighted by Crippen LogP contribution is 2.24. The second kappa shape index (κ2) is 6.97. The first-order chi connectivity index (χ1) is 8.06. The van der Waals surface area contributed by atoms with Crippen LogP contribution in [-0.2, 0) is 4.79 Å². The molecule has 0 bridgehead atoms. The van der Waals surface area contributed by atoms with Gasteiger partial charge in [-0.2, -0.15) is 0 Å². The van der Waals surface area contributed by atoms with Crippen LogP contribution in [0.2, 0.25) is 0 Å². The van der Waals surface area contributed by atoms with Gasteiger partial charge in [-0.05, 0) is 26.7 Å². The molecule has 1 fully saturated rings. The lowest BCUT2D eigenvalue weighted by Crippen LogP contribution is -2.55. The molecule has 0 aromatic heterocycles. The zero-order valence-corrected chi connectivity index (χ0v) is 11.4. The highest BCUT2D eigenvalue weighted by atomic mass is 16.1. The lowest BCUT2D eigenvalue weighted by molar-refractivity contribution is -0.120. The molecule has 2 atom stereocenters. The Balaban J connectivity index is 2.69. The van der Waals surface area contributed by atoms with Crippen molar-refractivity contribution in [3.63, 3.8) is 0 Å². The molecule has 0 aliphatic heterocycles. The van der Waals surface area contributed by atoms with Crippen molar-refractivity contribution in [1.82, 2.24) is 10.2 Å². The Morgan fingerprint density at radius 1 is 1.41 bits per heavy atom. The van der Waals surface area contributed by atoms with Crippen molar-refractivity contribution in [3.8, 4) is 0 Å². The second-order valence-corrected chi connectivity index (χ2v) is 5.28. The highest BCUT2D eigenvalue weighted by Gasteiger charge is 2.31. The van der Waals surface area contributed by atoms with Crippen molar-refractivity contribution >= 4 is 5.91 Å². The molecule has 0 saturated heterocycles. The maximum atomic E-state index is 11.3. The molecule has 1 saturated carbocycles. The number of carbonyl (C=O) groups is 1. The Bertz CT molecular complexity index is 243. The van der Waals surface area contributed by atoms with Crippen molar-refractivity contribution in [2.24, 2.45) is 5.73 Å². The molecule has 100 valence electrons. The first-order valence-electron chi connectivity index (χ1n) is 6.79. The lowest BCUT2D eigenvalue weighted by Gasteiger charge is -2.42. The Hall–Kier alpha value is -0.610. The number of rotatable bonds is 5. The summed E-state index contributed by atoms with van der Waals surface area (Å²) in [4.78, 5) is 13.7. The van der Waals surface area contributed by atoms with E-state index in [-0.39, 0.29) is 5.91 Å². The normalized spacial score (nSPS) is 25.3. The van der Waals surface area contributed by atoms with Gasteiger partial charge in [0, 0.05) is 38.1 Å². The van der Waals surface area contributed by atoms with E-state index >= 15 is 0 Å². The summed E-state index contributed by atoms with van der Waals surface area (Å²) in [5.41, 5.74) is 5.69. The number of hydrogen-bond donors (Lipinski definition) is 2. The molecule has 1 aliphatic carbocycles. The third kappa shape index (κ3) is 4.28. The first kappa shape index (κ1) is 14.5. The smallest absolute Gasteiger partial charge is 0.217 e. The molecule has 4 nitrogen and oxygen atoms in total. The van der Waals surface area contributed by atoms with Gasteiger partial charge in [0.05, 0.1) is 0 Å². The van der Waals surface area contributed by atoms with Gasteiger partial charge in [-0.15, -0.1) is 0 Å². The fraction of sp³-hybridized carbons (Fsp3) is 0.923. The third-order valence-electron chi connectivity index (χ3n) is 3.59. The van der Waals surface area contributed by atoms with E-state index in [1.165, 1.54) is 19.3 Å². The van der Waals surface area contributed by atoms with Crippen molar-refractivity contribution in [2.45, 2.75) is 64.6 Å². The first-order valence-corrected chi connectivity index (χ1v) is 6.79. The van der Waals surface area contributed by atoms with Crippen LogP contribution < -0.4 is 11.1 Å². The van der Waals surface area contributed by atoms with E-state index in [0.29, 0.717) is 24.7 Å². The molecule has 1 amide bonds. The summed E-state index contributed by atoms with van der Waals surface area (Å²) in [6.45, 7) is 7.61. The van der Waals surface area contributed by atoms with E-state index in [0.717, 1.165) is 13.0 Å². The number of nitrogens with two attached hydrogens (primary N) is 1. The molecule has 0 spiro atoms. The molecule has 1 aliphatic rings. The minimum Gasteiger partial charge on any atom is -0.352 e. The molecule has 0 unspecified atom stereocenters. The van der Waals surface area contributed by atoms with E-state index in [4.69, 9.17) is 5.73 Å². The van der Waals surface area contributed by atoms with Gasteiger partial charge in [0.15, 0.2) is 0 Å². The Morgan fingerprint density at radius 3 is 2.59 bits per heavy atom. The van der Waals surface area contributed by atoms with Gasteiger partial charge in [-0.1, -0.05) is 12.8 Å². The SMILES string of the molecule is CC(=O)N[C@@H]1CCCC[C@@H]1N(CCN)C(C)C. The summed E-state index contributed by atoms with van der Waals surface area (Å²) >= 11 is 0. The minimum atomic E-state index is 0.0818. The molecule has 0 aromatic carbocycles. The number of carbonyl (C=O) groups excluding carboxylic acids is 1. The molecule has 0 heterocycles. The maximum Gasteiger partial charge on any atom is 0.217 e. The molecule has 0 aromatic rings. The summed E-state index contributed by atoms with van der Waals surface area (Å²) in [6, 6.07) is 1.24. The monoisotopic (exact) mass is 241 g/mol. The second-order valence-electron chi connectivity index (χ2n) is 5.28. The molecule has 17 heavy (non-hydrogen) atoms. The standard InChI is InChI=1S/C13H27N3O/c1-10(2)16(9-8-14)13-7-5-4-6-12(13)15-11(3)17/h10,12-13H,4-9,14H2,1-3H3,(H,15,17)/t12-,13+/m1/s1. The summed E-state index contributed by atoms with van der Waals surface area (Å²) < 4.78 is 0. The molecular formula is C13H27N3O. The predicted molar refractivity (Wildman–Crippen MR) is 70.8 cm³/mol. The van der Waals surface area contributed by atoms with Gasteiger partial charge in [0.2, 0.25) is 5.91 Å². The molecule has 0 radical (unpaired) electrons. The van der Waals surface area contributed by atoms with E-state index in [9.17, 15) is 4.79 Å². The number of hydrogen-bond acceptors (Lipinski definition) is 3. The van der Waals surface area contributed by atoms with Crippen LogP contribution in [0.3, 0.4) is 0 Å². The Morgan fingerprint density at radius 2 is 2.06 bits per heavy atom. The van der Waals surface area contributed by atoms with Crippen LogP contribution in [0.1, 0.15) is 46.5 Å². The predicted octanol–water partition coefficient (Wildman–Crippen LogP) is 1.10. The van der Waals surface area contributed by atoms with Crippen LogP contribution in [0, 0.1) is 0 Å². The minimum absolute atomic E-state index is 0.0818. The van der Waals surface area contributed by atoms with Gasteiger partial charge in [-0.3, -0.25) is 9.69 Å². The van der Waals surface area contributed by atoms with E-state index < -0.39 is 0 Å². The zero-order chi connectivity index (χ0) is 12.8. The fourth-order valence-corrected chi connectivity index (χ4v) is 2.89. The number of nitrogens with zero attached hydrogens (tertiary/aromatic N) is 1. The van der Waals surface area contributed by atoms with Gasteiger partial charge in [0.1, 0.15) is 0 Å². The van der Waals surface area contributed by atoms with E-state index in [1.54, 1.807) is 6.92 Å². The van der Waals surface area contributed by atoms with Gasteiger partial charge < -0.3 is 11.1 Å². The Labute approximate surface area is 105 Å². The van der Waals surface area contributed by atoms with Crippen molar-refractivity contribution in [1.29, 1.82) is 0 Å². The van der Waals surface area contributed by atoms with Crippen LogP contribution in [-0.4, -0.2) is 42.0 Å². The third-order valence-corrected chi connectivity index (χ3v) is 3.59. The average molecular weight is 241 g/mol. The average Bonchev–Trinajstić information content (AvgIpc) is 2.26. The van der Waals surface area contributed by atoms with Crippen LogP contribution in [0.25, 0.3) is 0 Å². The van der Waals surface area contributed by atoms with Crippen LogP contribution in [0.5, 0.6) is 0 Å².